The summed E-state index contributed by atoms with van der Waals surface area (Å²) >= 11 is 0. The third-order valence-electron chi connectivity index (χ3n) is 5.77. The second-order valence-electron chi connectivity index (χ2n) is 9.06. The Morgan fingerprint density at radius 2 is 1.59 bits per heavy atom. The van der Waals surface area contributed by atoms with Gasteiger partial charge in [-0.3, -0.25) is 0 Å². The predicted octanol–water partition coefficient (Wildman–Crippen LogP) is 4.87. The quantitative estimate of drug-likeness (QED) is 0.548. The average Bonchev–Trinajstić information content (AvgIpc) is 3.26. The number of rotatable bonds is 5. The SMILES string of the molecule is CCc1ccc(S(=O)(=O)c2nc(-c3ccc(C(C)(C)C)cc3)oc2N2CCOCC2)cc1. The Morgan fingerprint density at radius 1 is 0.969 bits per heavy atom. The van der Waals surface area contributed by atoms with Crippen molar-refractivity contribution in [3.63, 3.8) is 0 Å². The van der Waals surface area contributed by atoms with Gasteiger partial charge in [0.25, 0.3) is 0 Å². The van der Waals surface area contributed by atoms with Crippen molar-refractivity contribution < 1.29 is 17.6 Å². The summed E-state index contributed by atoms with van der Waals surface area (Å²) in [6, 6.07) is 14.9. The molecule has 170 valence electrons. The van der Waals surface area contributed by atoms with Crippen LogP contribution in [0.4, 0.5) is 5.88 Å². The van der Waals surface area contributed by atoms with Gasteiger partial charge in [0.2, 0.25) is 26.6 Å². The van der Waals surface area contributed by atoms with E-state index in [1.807, 2.05) is 48.2 Å². The summed E-state index contributed by atoms with van der Waals surface area (Å²) in [5.41, 5.74) is 3.03. The zero-order chi connectivity index (χ0) is 22.9. The maximum absolute atomic E-state index is 13.5. The van der Waals surface area contributed by atoms with E-state index in [0.29, 0.717) is 32.2 Å². The van der Waals surface area contributed by atoms with Crippen LogP contribution < -0.4 is 4.90 Å². The summed E-state index contributed by atoms with van der Waals surface area (Å²) in [5.74, 6) is 0.582. The fourth-order valence-electron chi connectivity index (χ4n) is 3.69. The third-order valence-corrected chi connectivity index (χ3v) is 7.44. The first-order valence-corrected chi connectivity index (χ1v) is 12.5. The van der Waals surface area contributed by atoms with Crippen LogP contribution in [0.15, 0.2) is 62.9 Å². The van der Waals surface area contributed by atoms with E-state index < -0.39 is 9.84 Å². The van der Waals surface area contributed by atoms with Crippen molar-refractivity contribution in [2.24, 2.45) is 0 Å². The Kier molecular flexibility index (Phi) is 6.14. The first-order chi connectivity index (χ1) is 15.2. The Labute approximate surface area is 190 Å². The normalized spacial score (nSPS) is 15.2. The number of morpholine rings is 1. The molecule has 1 saturated heterocycles. The molecule has 3 aromatic rings. The van der Waals surface area contributed by atoms with E-state index in [1.54, 1.807) is 12.1 Å². The molecule has 7 heteroatoms. The Balaban J connectivity index is 1.79. The lowest BCUT2D eigenvalue weighted by Crippen LogP contribution is -2.36. The zero-order valence-electron chi connectivity index (χ0n) is 19.1. The van der Waals surface area contributed by atoms with Crippen molar-refractivity contribution >= 4 is 15.7 Å². The highest BCUT2D eigenvalue weighted by atomic mass is 32.2. The van der Waals surface area contributed by atoms with Crippen LogP contribution in [0.3, 0.4) is 0 Å². The van der Waals surface area contributed by atoms with E-state index in [0.717, 1.165) is 17.5 Å². The number of benzene rings is 2. The van der Waals surface area contributed by atoms with Crippen molar-refractivity contribution in [3.8, 4) is 11.5 Å². The van der Waals surface area contributed by atoms with Gasteiger partial charge in [0, 0.05) is 18.7 Å². The molecule has 2 heterocycles. The van der Waals surface area contributed by atoms with Crippen LogP contribution in [-0.4, -0.2) is 39.7 Å². The minimum absolute atomic E-state index is 0.0211. The summed E-state index contributed by atoms with van der Waals surface area (Å²) in [6.07, 6.45) is 0.845. The molecular formula is C25H30N2O4S. The number of sulfone groups is 1. The minimum Gasteiger partial charge on any atom is -0.419 e. The number of anilines is 1. The highest BCUT2D eigenvalue weighted by molar-refractivity contribution is 7.91. The van der Waals surface area contributed by atoms with E-state index in [2.05, 4.69) is 25.8 Å². The van der Waals surface area contributed by atoms with Crippen molar-refractivity contribution in [1.29, 1.82) is 0 Å². The first-order valence-electron chi connectivity index (χ1n) is 11.0. The van der Waals surface area contributed by atoms with Gasteiger partial charge in [-0.05, 0) is 47.2 Å². The fourth-order valence-corrected chi connectivity index (χ4v) is 5.01. The van der Waals surface area contributed by atoms with E-state index in [9.17, 15) is 8.42 Å². The number of hydrogen-bond acceptors (Lipinski definition) is 6. The molecule has 0 saturated carbocycles. The maximum atomic E-state index is 13.5. The summed E-state index contributed by atoms with van der Waals surface area (Å²) in [7, 11) is -3.85. The molecule has 0 atom stereocenters. The van der Waals surface area contributed by atoms with Crippen LogP contribution >= 0.6 is 0 Å². The predicted molar refractivity (Wildman–Crippen MR) is 125 cm³/mol. The van der Waals surface area contributed by atoms with E-state index in [-0.39, 0.29) is 21.2 Å². The molecule has 1 aliphatic heterocycles. The Bertz CT molecular complexity index is 1170. The second kappa shape index (κ2) is 8.71. The van der Waals surface area contributed by atoms with E-state index in [1.165, 1.54) is 5.56 Å². The topological polar surface area (TPSA) is 72.6 Å². The number of aryl methyl sites for hydroxylation is 1. The largest absolute Gasteiger partial charge is 0.419 e. The van der Waals surface area contributed by atoms with Gasteiger partial charge in [0.05, 0.1) is 18.1 Å². The molecule has 1 aromatic heterocycles. The molecule has 6 nitrogen and oxygen atoms in total. The molecule has 1 aliphatic rings. The highest BCUT2D eigenvalue weighted by Gasteiger charge is 2.32. The monoisotopic (exact) mass is 454 g/mol. The molecule has 1 fully saturated rings. The van der Waals surface area contributed by atoms with Gasteiger partial charge >= 0.3 is 0 Å². The summed E-state index contributed by atoms with van der Waals surface area (Å²) in [4.78, 5) is 6.62. The molecule has 0 bridgehead atoms. The highest BCUT2D eigenvalue weighted by Crippen LogP contribution is 2.35. The standard InChI is InChI=1S/C25H30N2O4S/c1-5-18-6-12-21(13-7-18)32(28,29)23-24(27-14-16-30-17-15-27)31-22(26-23)19-8-10-20(11-9-19)25(2,3)4/h6-13H,5,14-17H2,1-4H3. The minimum atomic E-state index is -3.85. The van der Waals surface area contributed by atoms with Gasteiger partial charge in [-0.25, -0.2) is 8.42 Å². The van der Waals surface area contributed by atoms with Gasteiger partial charge in [0.15, 0.2) is 0 Å². The molecule has 0 spiro atoms. The summed E-state index contributed by atoms with van der Waals surface area (Å²) < 4.78 is 38.6. The van der Waals surface area contributed by atoms with Gasteiger partial charge in [0.1, 0.15) is 0 Å². The van der Waals surface area contributed by atoms with Crippen LogP contribution in [0.1, 0.15) is 38.8 Å². The van der Waals surface area contributed by atoms with Gasteiger partial charge < -0.3 is 14.1 Å². The molecule has 2 aromatic carbocycles. The number of aromatic nitrogens is 1. The van der Waals surface area contributed by atoms with Crippen molar-refractivity contribution in [3.05, 3.63) is 59.7 Å². The average molecular weight is 455 g/mol. The van der Waals surface area contributed by atoms with Crippen molar-refractivity contribution in [1.82, 2.24) is 4.98 Å². The first kappa shape index (κ1) is 22.6. The van der Waals surface area contributed by atoms with Gasteiger partial charge in [-0.2, -0.15) is 4.98 Å². The van der Waals surface area contributed by atoms with E-state index in [4.69, 9.17) is 9.15 Å². The smallest absolute Gasteiger partial charge is 0.236 e. The Morgan fingerprint density at radius 3 is 2.16 bits per heavy atom. The van der Waals surface area contributed by atoms with Crippen molar-refractivity contribution in [2.45, 2.75) is 49.5 Å². The van der Waals surface area contributed by atoms with Crippen LogP contribution in [0.25, 0.3) is 11.5 Å². The van der Waals surface area contributed by atoms with Crippen molar-refractivity contribution in [2.75, 3.05) is 31.2 Å². The molecule has 0 amide bonds. The van der Waals surface area contributed by atoms with E-state index >= 15 is 0 Å². The maximum Gasteiger partial charge on any atom is 0.236 e. The number of oxazole rings is 1. The lowest BCUT2D eigenvalue weighted by atomic mass is 9.87. The zero-order valence-corrected chi connectivity index (χ0v) is 19.9. The lowest BCUT2D eigenvalue weighted by molar-refractivity contribution is 0.120. The molecule has 0 N–H and O–H groups in total. The van der Waals surface area contributed by atoms with Crippen LogP contribution in [-0.2, 0) is 26.4 Å². The molecule has 0 aliphatic carbocycles. The summed E-state index contributed by atoms with van der Waals surface area (Å²) in [6.45, 7) is 10.6. The third kappa shape index (κ3) is 4.45. The molecule has 0 radical (unpaired) electrons. The van der Waals surface area contributed by atoms with Gasteiger partial charge in [-0.1, -0.05) is 52.0 Å². The number of nitrogens with zero attached hydrogens (tertiary/aromatic N) is 2. The second-order valence-corrected chi connectivity index (χ2v) is 10.9. The molecule has 32 heavy (non-hydrogen) atoms. The van der Waals surface area contributed by atoms with Gasteiger partial charge in [-0.15, -0.1) is 0 Å². The molecule has 4 rings (SSSR count). The lowest BCUT2D eigenvalue weighted by Gasteiger charge is -2.26. The number of hydrogen-bond donors (Lipinski definition) is 0. The molecular weight excluding hydrogens is 424 g/mol. The summed E-state index contributed by atoms with van der Waals surface area (Å²) in [5, 5.41) is -0.0430. The van der Waals surface area contributed by atoms with Crippen LogP contribution in [0.2, 0.25) is 0 Å². The van der Waals surface area contributed by atoms with Crippen LogP contribution in [0, 0.1) is 0 Å². The van der Waals surface area contributed by atoms with Crippen LogP contribution in [0.5, 0.6) is 0 Å². The number of ether oxygens (including phenoxy) is 1. The Hall–Kier alpha value is -2.64. The fraction of sp³-hybridized carbons (Fsp3) is 0.400. The molecule has 0 unspecified atom stereocenters.